The van der Waals surface area contributed by atoms with Crippen molar-refractivity contribution in [1.29, 1.82) is 0 Å². The van der Waals surface area contributed by atoms with Crippen LogP contribution in [0.1, 0.15) is 16.8 Å². The number of aromatic nitrogens is 1. The van der Waals surface area contributed by atoms with Gasteiger partial charge in [0.25, 0.3) is 0 Å². The molecular formula is C15H18N2O3S. The Morgan fingerprint density at radius 3 is 2.62 bits per heavy atom. The number of aryl methyl sites for hydroxylation is 1. The first-order valence-corrected chi connectivity index (χ1v) is 8.29. The summed E-state index contributed by atoms with van der Waals surface area (Å²) in [5.74, 6) is 0. The molecule has 5 nitrogen and oxygen atoms in total. The summed E-state index contributed by atoms with van der Waals surface area (Å²) in [4.78, 5) is 0.244. The van der Waals surface area contributed by atoms with Gasteiger partial charge in [0, 0.05) is 32.0 Å². The lowest BCUT2D eigenvalue weighted by molar-refractivity contribution is 0.272. The third-order valence-corrected chi connectivity index (χ3v) is 5.79. The van der Waals surface area contributed by atoms with Crippen molar-refractivity contribution in [1.82, 2.24) is 8.87 Å². The highest BCUT2D eigenvalue weighted by molar-refractivity contribution is 7.89. The van der Waals surface area contributed by atoms with Gasteiger partial charge < -0.3 is 9.67 Å². The van der Waals surface area contributed by atoms with E-state index in [1.54, 1.807) is 17.8 Å². The van der Waals surface area contributed by atoms with Gasteiger partial charge >= 0.3 is 0 Å². The molecule has 0 saturated carbocycles. The van der Waals surface area contributed by atoms with Crippen molar-refractivity contribution in [2.75, 3.05) is 6.54 Å². The minimum atomic E-state index is -3.52. The van der Waals surface area contributed by atoms with Crippen molar-refractivity contribution < 1.29 is 13.5 Å². The molecule has 3 rings (SSSR count). The van der Waals surface area contributed by atoms with Crippen molar-refractivity contribution in [2.45, 2.75) is 24.5 Å². The van der Waals surface area contributed by atoms with Crippen LogP contribution < -0.4 is 0 Å². The van der Waals surface area contributed by atoms with Crippen LogP contribution in [0.4, 0.5) is 0 Å². The number of aliphatic hydroxyl groups excluding tert-OH is 1. The topological polar surface area (TPSA) is 62.5 Å². The van der Waals surface area contributed by atoms with Crippen molar-refractivity contribution in [3.05, 3.63) is 53.3 Å². The monoisotopic (exact) mass is 306 g/mol. The Bertz CT molecular complexity index is 765. The first-order valence-electron chi connectivity index (χ1n) is 6.85. The van der Waals surface area contributed by atoms with Gasteiger partial charge in [-0.25, -0.2) is 8.42 Å². The fraction of sp³-hybridized carbons (Fsp3) is 0.333. The van der Waals surface area contributed by atoms with Crippen molar-refractivity contribution in [2.24, 2.45) is 7.05 Å². The Kier molecular flexibility index (Phi) is 3.61. The molecule has 6 heteroatoms. The highest BCUT2D eigenvalue weighted by atomic mass is 32.2. The fourth-order valence-corrected chi connectivity index (χ4v) is 4.21. The Hall–Kier alpha value is -1.63. The van der Waals surface area contributed by atoms with Gasteiger partial charge in [-0.15, -0.1) is 0 Å². The Balaban J connectivity index is 1.93. The Labute approximate surface area is 124 Å². The summed E-state index contributed by atoms with van der Waals surface area (Å²) in [6.45, 7) is 0.722. The minimum absolute atomic E-state index is 0.172. The van der Waals surface area contributed by atoms with Gasteiger partial charge in [0.2, 0.25) is 10.0 Å². The maximum absolute atomic E-state index is 12.7. The quantitative estimate of drug-likeness (QED) is 0.929. The molecule has 0 aliphatic carbocycles. The number of nitrogens with zero attached hydrogens (tertiary/aromatic N) is 2. The summed E-state index contributed by atoms with van der Waals surface area (Å²) < 4.78 is 28.6. The summed E-state index contributed by atoms with van der Waals surface area (Å²) >= 11 is 0. The number of fused-ring (bicyclic) bond motifs is 1. The molecule has 1 aliphatic heterocycles. The first kappa shape index (κ1) is 14.3. The molecule has 0 radical (unpaired) electrons. The largest absolute Gasteiger partial charge is 0.390 e. The molecule has 1 aromatic carbocycles. The van der Waals surface area contributed by atoms with Crippen LogP contribution in [0.15, 0.2) is 41.4 Å². The third kappa shape index (κ3) is 2.50. The molecule has 0 spiro atoms. The third-order valence-electron chi connectivity index (χ3n) is 3.98. The van der Waals surface area contributed by atoms with Crippen LogP contribution in [0.3, 0.4) is 0 Å². The molecule has 0 atom stereocenters. The zero-order valence-electron chi connectivity index (χ0n) is 11.9. The lowest BCUT2D eigenvalue weighted by Gasteiger charge is -2.27. The smallest absolute Gasteiger partial charge is 0.244 e. The van der Waals surface area contributed by atoms with E-state index in [2.05, 4.69) is 0 Å². The van der Waals surface area contributed by atoms with E-state index in [0.717, 1.165) is 12.0 Å². The molecule has 112 valence electrons. The van der Waals surface area contributed by atoms with Crippen LogP contribution in [0, 0.1) is 0 Å². The maximum atomic E-state index is 12.7. The predicted octanol–water partition coefficient (Wildman–Crippen LogP) is 1.26. The molecule has 0 fully saturated rings. The molecular weight excluding hydrogens is 288 g/mol. The second-order valence-electron chi connectivity index (χ2n) is 5.29. The van der Waals surface area contributed by atoms with Gasteiger partial charge in [-0.2, -0.15) is 4.31 Å². The van der Waals surface area contributed by atoms with E-state index in [0.29, 0.717) is 18.8 Å². The summed E-state index contributed by atoms with van der Waals surface area (Å²) in [6.07, 6.45) is 2.29. The molecule has 1 N–H and O–H groups in total. The zero-order chi connectivity index (χ0) is 15.0. The van der Waals surface area contributed by atoms with Gasteiger partial charge in [0.15, 0.2) is 0 Å². The van der Waals surface area contributed by atoms with Crippen LogP contribution in [-0.2, 0) is 36.6 Å². The summed E-state index contributed by atoms with van der Waals surface area (Å²) in [5, 5.41) is 9.21. The first-order chi connectivity index (χ1) is 10.0. The standard InChI is InChI=1S/C15H18N2O3S/c1-16-10-15(8-14(16)11-18)21(19,20)17-7-6-12-4-2-3-5-13(12)9-17/h2-5,8,10,18H,6-7,9,11H2,1H3. The van der Waals surface area contributed by atoms with Gasteiger partial charge in [0.05, 0.1) is 6.61 Å². The molecule has 1 aromatic heterocycles. The van der Waals surface area contributed by atoms with E-state index >= 15 is 0 Å². The fourth-order valence-electron chi connectivity index (χ4n) is 2.70. The van der Waals surface area contributed by atoms with E-state index in [4.69, 9.17) is 0 Å². The number of rotatable bonds is 3. The Morgan fingerprint density at radius 1 is 1.24 bits per heavy atom. The van der Waals surface area contributed by atoms with Crippen LogP contribution >= 0.6 is 0 Å². The number of hydrogen-bond acceptors (Lipinski definition) is 3. The number of hydrogen-bond donors (Lipinski definition) is 1. The van der Waals surface area contributed by atoms with Gasteiger partial charge in [0.1, 0.15) is 4.90 Å². The van der Waals surface area contributed by atoms with Crippen LogP contribution in [0.25, 0.3) is 0 Å². The van der Waals surface area contributed by atoms with Gasteiger partial charge in [-0.05, 0) is 23.6 Å². The molecule has 21 heavy (non-hydrogen) atoms. The molecule has 2 aromatic rings. The molecule has 1 aliphatic rings. The molecule has 2 heterocycles. The highest BCUT2D eigenvalue weighted by Gasteiger charge is 2.29. The van der Waals surface area contributed by atoms with E-state index in [1.807, 2.05) is 24.3 Å². The number of benzene rings is 1. The van der Waals surface area contributed by atoms with Crippen molar-refractivity contribution in [3.8, 4) is 0 Å². The van der Waals surface area contributed by atoms with Gasteiger partial charge in [-0.1, -0.05) is 24.3 Å². The zero-order valence-corrected chi connectivity index (χ0v) is 12.7. The summed E-state index contributed by atoms with van der Waals surface area (Å²) in [5.41, 5.74) is 2.87. The predicted molar refractivity (Wildman–Crippen MR) is 79.1 cm³/mol. The lowest BCUT2D eigenvalue weighted by Crippen LogP contribution is -2.35. The van der Waals surface area contributed by atoms with E-state index in [-0.39, 0.29) is 11.5 Å². The van der Waals surface area contributed by atoms with E-state index < -0.39 is 10.0 Å². The average molecular weight is 306 g/mol. The average Bonchev–Trinajstić information content (AvgIpc) is 2.88. The Morgan fingerprint density at radius 2 is 1.95 bits per heavy atom. The minimum Gasteiger partial charge on any atom is -0.390 e. The molecule has 0 bridgehead atoms. The lowest BCUT2D eigenvalue weighted by atomic mass is 10.0. The molecule has 0 saturated heterocycles. The summed E-state index contributed by atoms with van der Waals surface area (Å²) in [6, 6.07) is 9.47. The van der Waals surface area contributed by atoms with Crippen LogP contribution in [0.5, 0.6) is 0 Å². The number of sulfonamides is 1. The van der Waals surface area contributed by atoms with Crippen molar-refractivity contribution >= 4 is 10.0 Å². The SMILES string of the molecule is Cn1cc(S(=O)(=O)N2CCc3ccccc3C2)cc1CO. The van der Waals surface area contributed by atoms with Crippen LogP contribution in [-0.4, -0.2) is 28.9 Å². The summed E-state index contributed by atoms with van der Waals surface area (Å²) in [7, 11) is -1.78. The maximum Gasteiger partial charge on any atom is 0.244 e. The molecule has 0 amide bonds. The van der Waals surface area contributed by atoms with Gasteiger partial charge in [-0.3, -0.25) is 0 Å². The number of aliphatic hydroxyl groups is 1. The molecule has 0 unspecified atom stereocenters. The van der Waals surface area contributed by atoms with Crippen molar-refractivity contribution in [3.63, 3.8) is 0 Å². The van der Waals surface area contributed by atoms with Crippen LogP contribution in [0.2, 0.25) is 0 Å². The van der Waals surface area contributed by atoms with E-state index in [1.165, 1.54) is 15.9 Å². The normalized spacial score (nSPS) is 15.9. The highest BCUT2D eigenvalue weighted by Crippen LogP contribution is 2.25. The van der Waals surface area contributed by atoms with E-state index in [9.17, 15) is 13.5 Å². The second kappa shape index (κ2) is 5.29. The second-order valence-corrected chi connectivity index (χ2v) is 7.23.